The van der Waals surface area contributed by atoms with Crippen molar-refractivity contribution >= 4 is 43.8 Å². The fraction of sp³-hybridized carbons (Fsp3) is 0.320. The smallest absolute Gasteiger partial charge is 0.404 e. The van der Waals surface area contributed by atoms with Gasteiger partial charge in [0.15, 0.2) is 5.75 Å². The van der Waals surface area contributed by atoms with Gasteiger partial charge in [0, 0.05) is 29.1 Å². The van der Waals surface area contributed by atoms with Gasteiger partial charge < -0.3 is 15.8 Å². The fourth-order valence-corrected chi connectivity index (χ4v) is 6.15. The highest BCUT2D eigenvalue weighted by atomic mass is 32.2. The molecular formula is C25H25F3N6O3S2. The summed E-state index contributed by atoms with van der Waals surface area (Å²) in [5, 5.41) is 4.24. The third-order valence-corrected chi connectivity index (χ3v) is 8.31. The lowest BCUT2D eigenvalue weighted by atomic mass is 9.92. The summed E-state index contributed by atoms with van der Waals surface area (Å²) in [5.41, 5.74) is 8.24. The zero-order chi connectivity index (χ0) is 27.6. The third kappa shape index (κ3) is 6.75. The zero-order valence-electron chi connectivity index (χ0n) is 20.5. The molecule has 0 bridgehead atoms. The van der Waals surface area contributed by atoms with E-state index in [1.165, 1.54) is 23.5 Å². The molecule has 0 amide bonds. The monoisotopic (exact) mass is 578 g/mol. The number of thiazole rings is 1. The molecule has 9 nitrogen and oxygen atoms in total. The van der Waals surface area contributed by atoms with Crippen molar-refractivity contribution in [3.05, 3.63) is 54.2 Å². The molecule has 1 aliphatic rings. The predicted octanol–water partition coefficient (Wildman–Crippen LogP) is 5.53. The van der Waals surface area contributed by atoms with Crippen molar-refractivity contribution < 1.29 is 26.3 Å². The Labute approximate surface area is 226 Å². The Morgan fingerprint density at radius 3 is 2.51 bits per heavy atom. The standard InChI is InChI=1S/C25H25F3N6O3S2/c26-25(27,28)13-39(35,36)34-19-9-10-21(18-4-2-1-3-17(18)19)37-23-22(38-14-31-23)20-11-12-30-24(33-20)32-16-7-5-15(29)6-8-16/h1-4,9-12,14-16,34H,5-8,13,29H2,(H,30,32,33). The number of nitrogens with zero attached hydrogens (tertiary/aromatic N) is 3. The van der Waals surface area contributed by atoms with Crippen LogP contribution in [0.5, 0.6) is 11.6 Å². The van der Waals surface area contributed by atoms with Crippen molar-refractivity contribution in [1.29, 1.82) is 0 Å². The highest BCUT2D eigenvalue weighted by Gasteiger charge is 2.35. The Bertz CT molecular complexity index is 1570. The average molecular weight is 579 g/mol. The third-order valence-electron chi connectivity index (χ3n) is 6.24. The Hall–Kier alpha value is -3.49. The van der Waals surface area contributed by atoms with Crippen molar-refractivity contribution in [2.24, 2.45) is 5.73 Å². The van der Waals surface area contributed by atoms with E-state index in [1.54, 1.807) is 42.0 Å². The molecule has 2 heterocycles. The van der Waals surface area contributed by atoms with Gasteiger partial charge in [-0.3, -0.25) is 4.72 Å². The van der Waals surface area contributed by atoms with Crippen molar-refractivity contribution in [1.82, 2.24) is 15.0 Å². The molecule has 0 spiro atoms. The first-order valence-corrected chi connectivity index (χ1v) is 14.7. The molecule has 39 heavy (non-hydrogen) atoms. The maximum absolute atomic E-state index is 12.7. The van der Waals surface area contributed by atoms with E-state index in [1.807, 2.05) is 4.72 Å². The lowest BCUT2D eigenvalue weighted by Crippen LogP contribution is -2.33. The maximum Gasteiger partial charge on any atom is 0.404 e. The number of alkyl halides is 3. The number of nitrogens with one attached hydrogen (secondary N) is 2. The van der Waals surface area contributed by atoms with Crippen LogP contribution in [0.4, 0.5) is 24.8 Å². The minimum Gasteiger partial charge on any atom is -0.437 e. The van der Waals surface area contributed by atoms with Gasteiger partial charge in [0.05, 0.1) is 16.9 Å². The van der Waals surface area contributed by atoms with E-state index in [0.717, 1.165) is 25.7 Å². The molecule has 2 aromatic heterocycles. The number of ether oxygens (including phenoxy) is 1. The van der Waals surface area contributed by atoms with Gasteiger partial charge in [0.25, 0.3) is 0 Å². The Morgan fingerprint density at radius 2 is 1.77 bits per heavy atom. The van der Waals surface area contributed by atoms with E-state index in [0.29, 0.717) is 33.0 Å². The van der Waals surface area contributed by atoms with Crippen molar-refractivity contribution in [2.75, 3.05) is 15.8 Å². The van der Waals surface area contributed by atoms with Crippen LogP contribution in [0.25, 0.3) is 21.3 Å². The second-order valence-electron chi connectivity index (χ2n) is 9.24. The number of fused-ring (bicyclic) bond motifs is 1. The Morgan fingerprint density at radius 1 is 1.03 bits per heavy atom. The normalized spacial score (nSPS) is 18.2. The molecule has 5 rings (SSSR count). The Balaban J connectivity index is 1.39. The molecule has 0 aliphatic heterocycles. The summed E-state index contributed by atoms with van der Waals surface area (Å²) in [6, 6.07) is 11.7. The van der Waals surface area contributed by atoms with Crippen LogP contribution >= 0.6 is 11.3 Å². The molecule has 4 N–H and O–H groups in total. The number of benzene rings is 2. The van der Waals surface area contributed by atoms with Crippen LogP contribution in [0, 0.1) is 0 Å². The lowest BCUT2D eigenvalue weighted by molar-refractivity contribution is -0.106. The minimum absolute atomic E-state index is 0.0101. The average Bonchev–Trinajstić information content (AvgIpc) is 3.34. The summed E-state index contributed by atoms with van der Waals surface area (Å²) in [5.74, 6) is -0.863. The summed E-state index contributed by atoms with van der Waals surface area (Å²) in [7, 11) is -4.66. The Kier molecular flexibility index (Phi) is 7.60. The summed E-state index contributed by atoms with van der Waals surface area (Å²) in [6.07, 6.45) is 0.561. The predicted molar refractivity (Wildman–Crippen MR) is 144 cm³/mol. The molecule has 4 aromatic rings. The first-order valence-electron chi connectivity index (χ1n) is 12.1. The van der Waals surface area contributed by atoms with E-state index in [-0.39, 0.29) is 23.7 Å². The largest absolute Gasteiger partial charge is 0.437 e. The molecule has 0 unspecified atom stereocenters. The van der Waals surface area contributed by atoms with E-state index in [2.05, 4.69) is 20.3 Å². The van der Waals surface area contributed by atoms with Gasteiger partial charge in [-0.2, -0.15) is 13.2 Å². The van der Waals surface area contributed by atoms with Gasteiger partial charge >= 0.3 is 6.18 Å². The van der Waals surface area contributed by atoms with Crippen LogP contribution in [-0.4, -0.2) is 47.4 Å². The van der Waals surface area contributed by atoms with Gasteiger partial charge in [0.2, 0.25) is 21.9 Å². The van der Waals surface area contributed by atoms with Crippen LogP contribution < -0.4 is 20.5 Å². The summed E-state index contributed by atoms with van der Waals surface area (Å²) in [4.78, 5) is 14.0. The highest BCUT2D eigenvalue weighted by molar-refractivity contribution is 7.92. The number of hydrogen-bond donors (Lipinski definition) is 3. The molecule has 1 aliphatic carbocycles. The van der Waals surface area contributed by atoms with Gasteiger partial charge in [-0.25, -0.2) is 23.4 Å². The van der Waals surface area contributed by atoms with Crippen LogP contribution in [0.1, 0.15) is 25.7 Å². The molecule has 206 valence electrons. The number of aromatic nitrogens is 3. The van der Waals surface area contributed by atoms with E-state index < -0.39 is 22.0 Å². The van der Waals surface area contributed by atoms with Crippen LogP contribution in [0.3, 0.4) is 0 Å². The molecule has 1 fully saturated rings. The number of sulfonamides is 1. The lowest BCUT2D eigenvalue weighted by Gasteiger charge is -2.26. The first-order chi connectivity index (χ1) is 18.6. The maximum atomic E-state index is 12.7. The van der Waals surface area contributed by atoms with Crippen molar-refractivity contribution in [3.8, 4) is 22.2 Å². The minimum atomic E-state index is -4.87. The number of halogens is 3. The first kappa shape index (κ1) is 27.1. The summed E-state index contributed by atoms with van der Waals surface area (Å²) < 4.78 is 70.5. The fourth-order valence-electron chi connectivity index (χ4n) is 4.45. The van der Waals surface area contributed by atoms with Gasteiger partial charge in [0.1, 0.15) is 10.6 Å². The van der Waals surface area contributed by atoms with E-state index in [4.69, 9.17) is 10.5 Å². The molecule has 0 atom stereocenters. The van der Waals surface area contributed by atoms with Gasteiger partial charge in [-0.15, -0.1) is 11.3 Å². The zero-order valence-corrected chi connectivity index (χ0v) is 22.1. The number of nitrogens with two attached hydrogens (primary N) is 1. The van der Waals surface area contributed by atoms with Crippen LogP contribution in [0.15, 0.2) is 54.2 Å². The quantitative estimate of drug-likeness (QED) is 0.249. The van der Waals surface area contributed by atoms with E-state index >= 15 is 0 Å². The molecular weight excluding hydrogens is 553 g/mol. The second-order valence-corrected chi connectivity index (χ2v) is 11.8. The SMILES string of the molecule is NC1CCC(Nc2nccc(-c3scnc3Oc3ccc(NS(=O)(=O)CC(F)(F)F)c4ccccc34)n2)CC1. The molecule has 0 saturated heterocycles. The second kappa shape index (κ2) is 10.9. The highest BCUT2D eigenvalue weighted by Crippen LogP contribution is 2.39. The summed E-state index contributed by atoms with van der Waals surface area (Å²) >= 11 is 1.33. The van der Waals surface area contributed by atoms with Crippen molar-refractivity contribution in [2.45, 2.75) is 43.9 Å². The number of rotatable bonds is 8. The molecule has 14 heteroatoms. The number of hydrogen-bond acceptors (Lipinski definition) is 9. The number of anilines is 2. The van der Waals surface area contributed by atoms with Gasteiger partial charge in [-0.05, 0) is 43.9 Å². The van der Waals surface area contributed by atoms with E-state index in [9.17, 15) is 21.6 Å². The van der Waals surface area contributed by atoms with Crippen LogP contribution in [0.2, 0.25) is 0 Å². The molecule has 2 aromatic carbocycles. The molecule has 0 radical (unpaired) electrons. The molecule has 1 saturated carbocycles. The summed E-state index contributed by atoms with van der Waals surface area (Å²) in [6.45, 7) is 0. The van der Waals surface area contributed by atoms with Gasteiger partial charge in [-0.1, -0.05) is 24.3 Å². The van der Waals surface area contributed by atoms with Crippen molar-refractivity contribution in [3.63, 3.8) is 0 Å². The van der Waals surface area contributed by atoms with Crippen LogP contribution in [-0.2, 0) is 10.0 Å². The topological polar surface area (TPSA) is 132 Å².